The summed E-state index contributed by atoms with van der Waals surface area (Å²) in [7, 11) is 0. The topological polar surface area (TPSA) is 92.9 Å². The van der Waals surface area contributed by atoms with Crippen LogP contribution in [0.3, 0.4) is 0 Å². The molecule has 0 aliphatic carbocycles. The highest BCUT2D eigenvalue weighted by Gasteiger charge is 2.18. The molecule has 0 bridgehead atoms. The van der Waals surface area contributed by atoms with Crippen molar-refractivity contribution in [3.8, 4) is 5.69 Å². The molecule has 0 atom stereocenters. The Balaban J connectivity index is 1.56. The zero-order valence-electron chi connectivity index (χ0n) is 21.7. The van der Waals surface area contributed by atoms with Crippen molar-refractivity contribution in [3.63, 3.8) is 0 Å². The van der Waals surface area contributed by atoms with Gasteiger partial charge in [-0.15, -0.1) is 6.58 Å². The highest BCUT2D eigenvalue weighted by Crippen LogP contribution is 2.23. The molecule has 1 aliphatic heterocycles. The van der Waals surface area contributed by atoms with Crippen molar-refractivity contribution in [2.75, 3.05) is 18.4 Å². The summed E-state index contributed by atoms with van der Waals surface area (Å²) >= 11 is 0. The molecule has 4 heterocycles. The molecule has 0 saturated carbocycles. The van der Waals surface area contributed by atoms with Crippen LogP contribution in [0.15, 0.2) is 60.2 Å². The molecule has 0 amide bonds. The first-order valence-corrected chi connectivity index (χ1v) is 12.9. The van der Waals surface area contributed by atoms with Crippen molar-refractivity contribution < 1.29 is 0 Å². The van der Waals surface area contributed by atoms with E-state index in [9.17, 15) is 4.79 Å². The second-order valence-corrected chi connectivity index (χ2v) is 9.62. The number of nitrogens with zero attached hydrogens (tertiary/aromatic N) is 6. The van der Waals surface area contributed by atoms with E-state index in [1.54, 1.807) is 23.2 Å². The van der Waals surface area contributed by atoms with Crippen molar-refractivity contribution in [1.29, 1.82) is 0 Å². The lowest BCUT2D eigenvalue weighted by Gasteiger charge is -2.24. The first-order valence-electron chi connectivity index (χ1n) is 12.9. The SMILES string of the molecule is C=CCn1c(=O)c2cnc(Nc3ccc4c(c3)CNCC4)nc2n1-c1ccnc(CN(CC)C(C)C)c1. The number of benzene rings is 1. The van der Waals surface area contributed by atoms with Crippen molar-refractivity contribution >= 4 is 22.7 Å². The van der Waals surface area contributed by atoms with E-state index in [0.29, 0.717) is 29.6 Å². The zero-order valence-corrected chi connectivity index (χ0v) is 21.7. The average molecular weight is 499 g/mol. The van der Waals surface area contributed by atoms with E-state index in [2.05, 4.69) is 71.1 Å². The van der Waals surface area contributed by atoms with Crippen molar-refractivity contribution in [3.05, 3.63) is 82.6 Å². The lowest BCUT2D eigenvalue weighted by atomic mass is 10.0. The Morgan fingerprint density at radius 1 is 1.22 bits per heavy atom. The Morgan fingerprint density at radius 3 is 2.86 bits per heavy atom. The van der Waals surface area contributed by atoms with E-state index < -0.39 is 0 Å². The fourth-order valence-electron chi connectivity index (χ4n) is 4.88. The molecule has 0 radical (unpaired) electrons. The third-order valence-corrected chi connectivity index (χ3v) is 6.87. The number of hydrogen-bond donors (Lipinski definition) is 2. The predicted molar refractivity (Wildman–Crippen MR) is 147 cm³/mol. The van der Waals surface area contributed by atoms with E-state index in [-0.39, 0.29) is 5.56 Å². The van der Waals surface area contributed by atoms with E-state index >= 15 is 0 Å². The standard InChI is InChI=1S/C28H34N8O/c1-5-13-35-27(37)25-17-31-28(32-22-8-7-20-9-11-29-16-21(20)14-22)33-26(25)36(35)24-10-12-30-23(15-24)18-34(6-2)19(3)4/h5,7-8,10,12,14-15,17,19,29H,1,6,9,11,13,16,18H2,2-4H3,(H,31,32,33). The van der Waals surface area contributed by atoms with E-state index in [1.165, 1.54) is 11.1 Å². The number of rotatable bonds is 9. The molecule has 1 aromatic carbocycles. The Morgan fingerprint density at radius 2 is 2.08 bits per heavy atom. The van der Waals surface area contributed by atoms with Gasteiger partial charge in [-0.1, -0.05) is 19.1 Å². The number of allylic oxidation sites excluding steroid dienone is 1. The van der Waals surface area contributed by atoms with Gasteiger partial charge in [0.1, 0.15) is 5.39 Å². The molecule has 5 rings (SSSR count). The summed E-state index contributed by atoms with van der Waals surface area (Å²) in [6.07, 6.45) is 6.13. The molecule has 1 aliphatic rings. The van der Waals surface area contributed by atoms with Gasteiger partial charge in [-0.3, -0.25) is 14.7 Å². The molecule has 9 nitrogen and oxygen atoms in total. The summed E-state index contributed by atoms with van der Waals surface area (Å²) < 4.78 is 3.49. The molecule has 192 valence electrons. The minimum Gasteiger partial charge on any atom is -0.324 e. The number of nitrogens with one attached hydrogen (secondary N) is 2. The van der Waals surface area contributed by atoms with E-state index in [4.69, 9.17) is 4.98 Å². The maximum absolute atomic E-state index is 13.3. The quantitative estimate of drug-likeness (QED) is 0.339. The van der Waals surface area contributed by atoms with Gasteiger partial charge in [0.05, 0.1) is 17.9 Å². The molecule has 0 unspecified atom stereocenters. The second-order valence-electron chi connectivity index (χ2n) is 9.62. The van der Waals surface area contributed by atoms with Gasteiger partial charge in [-0.25, -0.2) is 14.3 Å². The van der Waals surface area contributed by atoms with Crippen LogP contribution in [0.4, 0.5) is 11.6 Å². The van der Waals surface area contributed by atoms with Crippen LogP contribution in [0.1, 0.15) is 37.6 Å². The lowest BCUT2D eigenvalue weighted by molar-refractivity contribution is 0.222. The van der Waals surface area contributed by atoms with Gasteiger partial charge >= 0.3 is 0 Å². The Labute approximate surface area is 216 Å². The van der Waals surface area contributed by atoms with E-state index in [0.717, 1.165) is 49.7 Å². The average Bonchev–Trinajstić information content (AvgIpc) is 3.18. The summed E-state index contributed by atoms with van der Waals surface area (Å²) in [4.78, 5) is 29.5. The highest BCUT2D eigenvalue weighted by atomic mass is 16.1. The fourth-order valence-corrected chi connectivity index (χ4v) is 4.88. The van der Waals surface area contributed by atoms with Gasteiger partial charge in [0, 0.05) is 37.2 Å². The van der Waals surface area contributed by atoms with Gasteiger partial charge in [-0.2, -0.15) is 4.98 Å². The molecule has 0 spiro atoms. The molecular weight excluding hydrogens is 464 g/mol. The van der Waals surface area contributed by atoms with Crippen molar-refractivity contribution in [1.82, 2.24) is 34.5 Å². The van der Waals surface area contributed by atoms with Crippen LogP contribution in [-0.2, 0) is 26.1 Å². The summed E-state index contributed by atoms with van der Waals surface area (Å²) in [5.41, 5.74) is 5.70. The zero-order chi connectivity index (χ0) is 25.9. The normalized spacial score (nSPS) is 13.3. The van der Waals surface area contributed by atoms with Gasteiger partial charge in [0.2, 0.25) is 5.95 Å². The Kier molecular flexibility index (Phi) is 7.16. The monoisotopic (exact) mass is 498 g/mol. The number of hydrogen-bond acceptors (Lipinski definition) is 7. The van der Waals surface area contributed by atoms with E-state index in [1.807, 2.05) is 16.8 Å². The molecular formula is C28H34N8O. The first-order chi connectivity index (χ1) is 18.0. The van der Waals surface area contributed by atoms with Crippen LogP contribution in [0.5, 0.6) is 0 Å². The molecule has 9 heteroatoms. The van der Waals surface area contributed by atoms with Crippen LogP contribution in [0.2, 0.25) is 0 Å². The van der Waals surface area contributed by atoms with Gasteiger partial charge < -0.3 is 10.6 Å². The smallest absolute Gasteiger partial charge is 0.278 e. The van der Waals surface area contributed by atoms with Crippen LogP contribution >= 0.6 is 0 Å². The van der Waals surface area contributed by atoms with Crippen LogP contribution in [0.25, 0.3) is 16.7 Å². The summed E-state index contributed by atoms with van der Waals surface area (Å²) in [6.45, 7) is 14.2. The van der Waals surface area contributed by atoms with Gasteiger partial charge in [0.15, 0.2) is 5.65 Å². The summed E-state index contributed by atoms with van der Waals surface area (Å²) in [5, 5.41) is 7.20. The van der Waals surface area contributed by atoms with Gasteiger partial charge in [-0.05, 0) is 68.8 Å². The first kappa shape index (κ1) is 24.9. The van der Waals surface area contributed by atoms with Crippen molar-refractivity contribution in [2.24, 2.45) is 0 Å². The maximum Gasteiger partial charge on any atom is 0.278 e. The Bertz CT molecular complexity index is 1490. The number of pyridine rings is 1. The minimum absolute atomic E-state index is 0.156. The largest absolute Gasteiger partial charge is 0.324 e. The highest BCUT2D eigenvalue weighted by molar-refractivity contribution is 5.77. The number of fused-ring (bicyclic) bond motifs is 2. The predicted octanol–water partition coefficient (Wildman–Crippen LogP) is 3.78. The molecule has 0 saturated heterocycles. The molecule has 2 N–H and O–H groups in total. The van der Waals surface area contributed by atoms with Crippen LogP contribution in [0, 0.1) is 0 Å². The third kappa shape index (κ3) is 5.05. The number of anilines is 2. The lowest BCUT2D eigenvalue weighted by Crippen LogP contribution is -2.30. The minimum atomic E-state index is -0.156. The fraction of sp³-hybridized carbons (Fsp3) is 0.357. The number of aromatic nitrogens is 5. The maximum atomic E-state index is 13.3. The Hall–Kier alpha value is -3.82. The second kappa shape index (κ2) is 10.7. The van der Waals surface area contributed by atoms with Crippen LogP contribution in [-0.4, -0.2) is 48.3 Å². The third-order valence-electron chi connectivity index (χ3n) is 6.87. The molecule has 37 heavy (non-hydrogen) atoms. The summed E-state index contributed by atoms with van der Waals surface area (Å²) in [6, 6.07) is 10.7. The van der Waals surface area contributed by atoms with Gasteiger partial charge in [0.25, 0.3) is 5.56 Å². The summed E-state index contributed by atoms with van der Waals surface area (Å²) in [5.74, 6) is 0.437. The molecule has 4 aromatic rings. The van der Waals surface area contributed by atoms with Crippen molar-refractivity contribution in [2.45, 2.75) is 52.9 Å². The molecule has 3 aromatic heterocycles. The van der Waals surface area contributed by atoms with Crippen LogP contribution < -0.4 is 16.2 Å². The molecule has 0 fully saturated rings.